The van der Waals surface area contributed by atoms with E-state index in [4.69, 9.17) is 0 Å². The molecule has 4 nitrogen and oxygen atoms in total. The highest BCUT2D eigenvalue weighted by molar-refractivity contribution is 5.95. The molecule has 2 aromatic carbocycles. The third-order valence-electron chi connectivity index (χ3n) is 5.74. The molecule has 3 aromatic rings. The summed E-state index contributed by atoms with van der Waals surface area (Å²) in [6.07, 6.45) is 2.59. The zero-order valence-electron chi connectivity index (χ0n) is 15.3. The number of pyridine rings is 1. The number of fused-ring (bicyclic) bond motifs is 1. The van der Waals surface area contributed by atoms with Crippen LogP contribution >= 0.6 is 0 Å². The predicted molar refractivity (Wildman–Crippen MR) is 107 cm³/mol. The number of carbonyl (C=O) groups excluding carboxylic acids is 1. The van der Waals surface area contributed by atoms with Gasteiger partial charge in [-0.25, -0.2) is 4.98 Å². The van der Waals surface area contributed by atoms with E-state index in [0.29, 0.717) is 11.7 Å². The summed E-state index contributed by atoms with van der Waals surface area (Å²) in [7, 11) is 0. The van der Waals surface area contributed by atoms with Crippen LogP contribution in [0.3, 0.4) is 0 Å². The average Bonchev–Trinajstić information content (AvgIpc) is 3.58. The first kappa shape index (κ1) is 16.5. The van der Waals surface area contributed by atoms with E-state index in [2.05, 4.69) is 34.1 Å². The molecule has 1 saturated carbocycles. The molecule has 27 heavy (non-hydrogen) atoms. The Hall–Kier alpha value is -2.72. The summed E-state index contributed by atoms with van der Waals surface area (Å²) >= 11 is 0. The predicted octanol–water partition coefficient (Wildman–Crippen LogP) is 3.90. The van der Waals surface area contributed by atoms with E-state index in [0.717, 1.165) is 30.5 Å². The van der Waals surface area contributed by atoms with Crippen LogP contribution in [0.5, 0.6) is 0 Å². The number of carbonyl (C=O) groups is 1. The van der Waals surface area contributed by atoms with Gasteiger partial charge in [0.15, 0.2) is 0 Å². The molecule has 1 unspecified atom stereocenters. The van der Waals surface area contributed by atoms with Crippen molar-refractivity contribution in [2.75, 3.05) is 19.6 Å². The molecule has 4 heteroatoms. The number of para-hydroxylation sites is 1. The fourth-order valence-corrected chi connectivity index (χ4v) is 4.11. The van der Waals surface area contributed by atoms with Crippen LogP contribution in [-0.4, -0.2) is 46.4 Å². The molecule has 1 aromatic heterocycles. The van der Waals surface area contributed by atoms with E-state index >= 15 is 0 Å². The van der Waals surface area contributed by atoms with Gasteiger partial charge in [-0.3, -0.25) is 9.69 Å². The number of aromatic nitrogens is 1. The molecule has 2 aliphatic rings. The average molecular weight is 357 g/mol. The van der Waals surface area contributed by atoms with Crippen molar-refractivity contribution in [1.29, 1.82) is 0 Å². The van der Waals surface area contributed by atoms with Gasteiger partial charge in [0, 0.05) is 31.1 Å². The largest absolute Gasteiger partial charge is 0.328 e. The van der Waals surface area contributed by atoms with Crippen LogP contribution in [-0.2, 0) is 0 Å². The SMILES string of the molecule is O=C(c1ccc2ccccc2n1)N1CCN(C2CC2)CC1c1ccccc1. The molecule has 5 rings (SSSR count). The summed E-state index contributed by atoms with van der Waals surface area (Å²) in [5.41, 5.74) is 2.61. The van der Waals surface area contributed by atoms with Crippen molar-refractivity contribution in [3.05, 3.63) is 78.0 Å². The second-order valence-electron chi connectivity index (χ2n) is 7.54. The Morgan fingerprint density at radius 2 is 1.67 bits per heavy atom. The molecule has 0 N–H and O–H groups in total. The van der Waals surface area contributed by atoms with Gasteiger partial charge >= 0.3 is 0 Å². The van der Waals surface area contributed by atoms with E-state index in [1.807, 2.05) is 47.4 Å². The van der Waals surface area contributed by atoms with Gasteiger partial charge in [0.05, 0.1) is 11.6 Å². The Labute approximate surface area is 159 Å². The molecule has 2 heterocycles. The summed E-state index contributed by atoms with van der Waals surface area (Å²) < 4.78 is 0. The maximum atomic E-state index is 13.4. The van der Waals surface area contributed by atoms with Crippen LogP contribution < -0.4 is 0 Å². The van der Waals surface area contributed by atoms with Crippen molar-refractivity contribution in [2.45, 2.75) is 24.9 Å². The maximum absolute atomic E-state index is 13.4. The zero-order chi connectivity index (χ0) is 18.2. The van der Waals surface area contributed by atoms with Gasteiger partial charge in [-0.05, 0) is 30.5 Å². The van der Waals surface area contributed by atoms with Crippen LogP contribution in [0, 0.1) is 0 Å². The Morgan fingerprint density at radius 1 is 0.889 bits per heavy atom. The zero-order valence-corrected chi connectivity index (χ0v) is 15.3. The van der Waals surface area contributed by atoms with Crippen LogP contribution in [0.1, 0.15) is 34.9 Å². The quantitative estimate of drug-likeness (QED) is 0.713. The van der Waals surface area contributed by atoms with Crippen molar-refractivity contribution in [3.63, 3.8) is 0 Å². The Bertz CT molecular complexity index is 968. The third-order valence-corrected chi connectivity index (χ3v) is 5.74. The highest BCUT2D eigenvalue weighted by Crippen LogP contribution is 2.34. The van der Waals surface area contributed by atoms with Crippen LogP contribution in [0.25, 0.3) is 10.9 Å². The summed E-state index contributed by atoms with van der Waals surface area (Å²) in [6.45, 7) is 2.62. The van der Waals surface area contributed by atoms with Crippen molar-refractivity contribution < 1.29 is 4.79 Å². The van der Waals surface area contributed by atoms with E-state index in [1.165, 1.54) is 18.4 Å². The van der Waals surface area contributed by atoms with E-state index in [-0.39, 0.29) is 11.9 Å². The van der Waals surface area contributed by atoms with Gasteiger partial charge < -0.3 is 4.90 Å². The van der Waals surface area contributed by atoms with E-state index < -0.39 is 0 Å². The first-order valence-electron chi connectivity index (χ1n) is 9.75. The lowest BCUT2D eigenvalue weighted by Gasteiger charge is -2.41. The Morgan fingerprint density at radius 3 is 2.48 bits per heavy atom. The smallest absolute Gasteiger partial charge is 0.273 e. The number of benzene rings is 2. The highest BCUT2D eigenvalue weighted by atomic mass is 16.2. The minimum Gasteiger partial charge on any atom is -0.328 e. The summed E-state index contributed by atoms with van der Waals surface area (Å²) in [5, 5.41) is 1.06. The summed E-state index contributed by atoms with van der Waals surface area (Å²) in [4.78, 5) is 22.6. The number of nitrogens with zero attached hydrogens (tertiary/aromatic N) is 3. The van der Waals surface area contributed by atoms with Crippen molar-refractivity contribution in [1.82, 2.24) is 14.8 Å². The minimum atomic E-state index is 0.0325. The van der Waals surface area contributed by atoms with Crippen molar-refractivity contribution in [3.8, 4) is 0 Å². The van der Waals surface area contributed by atoms with Crippen LogP contribution in [0.15, 0.2) is 66.7 Å². The molecule has 1 aliphatic carbocycles. The molecule has 0 spiro atoms. The molecular formula is C23H23N3O. The third kappa shape index (κ3) is 3.21. The van der Waals surface area contributed by atoms with Gasteiger partial charge in [0.2, 0.25) is 0 Å². The normalized spacial score (nSPS) is 20.7. The van der Waals surface area contributed by atoms with Crippen LogP contribution in [0.4, 0.5) is 0 Å². The molecule has 1 amide bonds. The summed E-state index contributed by atoms with van der Waals surface area (Å²) in [5.74, 6) is 0.0325. The van der Waals surface area contributed by atoms with Crippen LogP contribution in [0.2, 0.25) is 0 Å². The monoisotopic (exact) mass is 357 g/mol. The number of piperazine rings is 1. The fourth-order valence-electron chi connectivity index (χ4n) is 4.11. The molecule has 1 atom stereocenters. The first-order chi connectivity index (χ1) is 13.3. The first-order valence-corrected chi connectivity index (χ1v) is 9.75. The number of hydrogen-bond donors (Lipinski definition) is 0. The topological polar surface area (TPSA) is 36.4 Å². The van der Waals surface area contributed by atoms with E-state index in [9.17, 15) is 4.79 Å². The lowest BCUT2D eigenvalue weighted by Crippen LogP contribution is -2.51. The van der Waals surface area contributed by atoms with Gasteiger partial charge in [0.25, 0.3) is 5.91 Å². The van der Waals surface area contributed by atoms with Crippen molar-refractivity contribution in [2.24, 2.45) is 0 Å². The fraction of sp³-hybridized carbons (Fsp3) is 0.304. The van der Waals surface area contributed by atoms with Gasteiger partial charge in [-0.1, -0.05) is 54.6 Å². The molecular weight excluding hydrogens is 334 g/mol. The van der Waals surface area contributed by atoms with Gasteiger partial charge in [-0.2, -0.15) is 0 Å². The second-order valence-corrected chi connectivity index (χ2v) is 7.54. The summed E-state index contributed by atoms with van der Waals surface area (Å²) in [6, 6.07) is 23.0. The number of amides is 1. The standard InChI is InChI=1S/C23H23N3O/c27-23(21-13-10-17-6-4-5-9-20(17)24-21)26-15-14-25(19-11-12-19)16-22(26)18-7-2-1-3-8-18/h1-10,13,19,22H,11-12,14-16H2. The number of hydrogen-bond acceptors (Lipinski definition) is 3. The molecule has 2 fully saturated rings. The van der Waals surface area contributed by atoms with E-state index in [1.54, 1.807) is 0 Å². The highest BCUT2D eigenvalue weighted by Gasteiger charge is 2.38. The van der Waals surface area contributed by atoms with Crippen molar-refractivity contribution >= 4 is 16.8 Å². The lowest BCUT2D eigenvalue weighted by molar-refractivity contribution is 0.0428. The second kappa shape index (κ2) is 6.78. The lowest BCUT2D eigenvalue weighted by atomic mass is 10.0. The minimum absolute atomic E-state index is 0.0325. The van der Waals surface area contributed by atoms with Gasteiger partial charge in [0.1, 0.15) is 5.69 Å². The Balaban J connectivity index is 1.47. The molecule has 0 radical (unpaired) electrons. The molecule has 0 bridgehead atoms. The van der Waals surface area contributed by atoms with Gasteiger partial charge in [-0.15, -0.1) is 0 Å². The molecule has 1 aliphatic heterocycles. The number of rotatable bonds is 3. The Kier molecular flexibility index (Phi) is 4.13. The maximum Gasteiger partial charge on any atom is 0.273 e. The molecule has 1 saturated heterocycles. The molecule has 136 valence electrons.